The van der Waals surface area contributed by atoms with Gasteiger partial charge in [-0.15, -0.1) is 0 Å². The van der Waals surface area contributed by atoms with Gasteiger partial charge in [-0.2, -0.15) is 0 Å². The molecule has 57 heavy (non-hydrogen) atoms. The van der Waals surface area contributed by atoms with E-state index in [0.29, 0.717) is 19.4 Å². The third kappa shape index (κ3) is 43.5. The highest BCUT2D eigenvalue weighted by Crippen LogP contribution is 2.15. The van der Waals surface area contributed by atoms with Crippen LogP contribution in [0.3, 0.4) is 0 Å². The van der Waals surface area contributed by atoms with Crippen LogP contribution >= 0.6 is 0 Å². The molecule has 0 bridgehead atoms. The molecule has 2 unspecified atom stereocenters. The van der Waals surface area contributed by atoms with E-state index in [1.807, 2.05) is 6.08 Å². The molecule has 0 aliphatic carbocycles. The van der Waals surface area contributed by atoms with Gasteiger partial charge in [0.15, 0.2) is 0 Å². The number of hydrogen-bond acceptors (Lipinski definition) is 5. The molecule has 1 amide bonds. The second-order valence-electron chi connectivity index (χ2n) is 16.8. The van der Waals surface area contributed by atoms with Crippen LogP contribution in [0, 0.1) is 0 Å². The molecular formula is C51H95NO5. The maximum Gasteiger partial charge on any atom is 0.305 e. The molecule has 0 saturated carbocycles. The fourth-order valence-electron chi connectivity index (χ4n) is 7.31. The number of carbonyl (C=O) groups excluding carboxylic acids is 2. The van der Waals surface area contributed by atoms with E-state index in [4.69, 9.17) is 4.74 Å². The van der Waals surface area contributed by atoms with Crippen molar-refractivity contribution in [1.29, 1.82) is 0 Å². The van der Waals surface area contributed by atoms with Crippen molar-refractivity contribution in [1.82, 2.24) is 5.32 Å². The van der Waals surface area contributed by atoms with Gasteiger partial charge >= 0.3 is 5.97 Å². The van der Waals surface area contributed by atoms with Gasteiger partial charge in [0.05, 0.1) is 25.4 Å². The van der Waals surface area contributed by atoms with Crippen molar-refractivity contribution in [2.75, 3.05) is 13.2 Å². The van der Waals surface area contributed by atoms with Crippen LogP contribution in [0.4, 0.5) is 0 Å². The number of allylic oxidation sites excluding steroid dienone is 5. The number of ether oxygens (including phenoxy) is 1. The molecule has 0 fully saturated rings. The highest BCUT2D eigenvalue weighted by molar-refractivity contribution is 5.76. The summed E-state index contributed by atoms with van der Waals surface area (Å²) in [6.07, 6.45) is 55.7. The van der Waals surface area contributed by atoms with E-state index in [9.17, 15) is 19.8 Å². The van der Waals surface area contributed by atoms with Crippen LogP contribution in [0.25, 0.3) is 0 Å². The van der Waals surface area contributed by atoms with Crippen LogP contribution in [0.5, 0.6) is 0 Å². The summed E-state index contributed by atoms with van der Waals surface area (Å²) >= 11 is 0. The smallest absolute Gasteiger partial charge is 0.305 e. The number of aliphatic hydroxyl groups excluding tert-OH is 2. The number of hydrogen-bond donors (Lipinski definition) is 3. The van der Waals surface area contributed by atoms with Crippen molar-refractivity contribution in [3.8, 4) is 0 Å². The minimum absolute atomic E-state index is 0.0167. The first-order chi connectivity index (χ1) is 28.0. The van der Waals surface area contributed by atoms with E-state index in [1.54, 1.807) is 6.08 Å². The highest BCUT2D eigenvalue weighted by atomic mass is 16.5. The fourth-order valence-corrected chi connectivity index (χ4v) is 7.31. The van der Waals surface area contributed by atoms with Crippen LogP contribution in [0.1, 0.15) is 251 Å². The first kappa shape index (κ1) is 55.1. The monoisotopic (exact) mass is 802 g/mol. The van der Waals surface area contributed by atoms with Crippen molar-refractivity contribution in [2.24, 2.45) is 0 Å². The Kier molecular flexibility index (Phi) is 45.2. The minimum Gasteiger partial charge on any atom is -0.466 e. The van der Waals surface area contributed by atoms with Crippen molar-refractivity contribution in [2.45, 2.75) is 264 Å². The van der Waals surface area contributed by atoms with E-state index in [-0.39, 0.29) is 18.5 Å². The lowest BCUT2D eigenvalue weighted by atomic mass is 10.0. The summed E-state index contributed by atoms with van der Waals surface area (Å²) in [4.78, 5) is 24.3. The molecule has 334 valence electrons. The maximum absolute atomic E-state index is 12.4. The molecule has 0 aliphatic rings. The number of unbranched alkanes of at least 4 members (excludes halogenated alkanes) is 30. The predicted molar refractivity (Wildman–Crippen MR) is 246 cm³/mol. The van der Waals surface area contributed by atoms with E-state index in [0.717, 1.165) is 83.5 Å². The molecule has 0 aromatic rings. The molecule has 0 radical (unpaired) electrons. The first-order valence-corrected chi connectivity index (χ1v) is 24.8. The summed E-state index contributed by atoms with van der Waals surface area (Å²) in [6.45, 7) is 4.83. The van der Waals surface area contributed by atoms with E-state index < -0.39 is 12.1 Å². The van der Waals surface area contributed by atoms with Gasteiger partial charge in [-0.05, 0) is 70.6 Å². The molecule has 6 heteroatoms. The molecule has 0 saturated heterocycles. The second kappa shape index (κ2) is 46.8. The number of nitrogens with one attached hydrogen (secondary N) is 1. The summed E-state index contributed by atoms with van der Waals surface area (Å²) < 4.78 is 5.43. The zero-order valence-electron chi connectivity index (χ0n) is 37.8. The molecule has 6 nitrogen and oxygen atoms in total. The summed E-state index contributed by atoms with van der Waals surface area (Å²) in [5.74, 6) is -0.103. The summed E-state index contributed by atoms with van der Waals surface area (Å²) in [5, 5.41) is 22.9. The topological polar surface area (TPSA) is 95.9 Å². The standard InChI is InChI=1S/C51H95NO5/c1-3-5-7-9-11-13-15-25-29-33-37-41-45-51(56)57-46-42-38-34-30-26-22-20-18-16-17-19-21-24-28-32-36-40-44-50(55)52-48(47-53)49(54)43-39-35-31-27-23-14-12-10-8-6-4-2/h16,18,22,26,39,43,48-49,53-54H,3-15,17,19-21,23-25,27-38,40-42,44-47H2,1-2H3,(H,52,55)/b18-16-,26-22-,43-39+. The molecule has 3 N–H and O–H groups in total. The van der Waals surface area contributed by atoms with Gasteiger partial charge in [0, 0.05) is 12.8 Å². The SMILES string of the molecule is CCCCCCCCCCC/C=C/C(O)C(CO)NC(=O)CCCCCCCCC/C=C\C/C=C\CCCCCOC(=O)CCCCCCCCCCCCCC. The molecule has 0 heterocycles. The van der Waals surface area contributed by atoms with Crippen LogP contribution in [-0.4, -0.2) is 47.4 Å². The van der Waals surface area contributed by atoms with E-state index >= 15 is 0 Å². The van der Waals surface area contributed by atoms with Gasteiger partial charge in [0.25, 0.3) is 0 Å². The molecule has 0 spiro atoms. The van der Waals surface area contributed by atoms with Gasteiger partial charge in [-0.25, -0.2) is 0 Å². The Hall–Kier alpha value is -1.92. The Labute approximate surface area is 353 Å². The number of esters is 1. The Morgan fingerprint density at radius 1 is 0.491 bits per heavy atom. The Bertz CT molecular complexity index is 931. The highest BCUT2D eigenvalue weighted by Gasteiger charge is 2.18. The normalized spacial score (nSPS) is 13.0. The lowest BCUT2D eigenvalue weighted by molar-refractivity contribution is -0.143. The summed E-state index contributed by atoms with van der Waals surface area (Å²) in [7, 11) is 0. The largest absolute Gasteiger partial charge is 0.466 e. The maximum atomic E-state index is 12.4. The third-order valence-electron chi connectivity index (χ3n) is 11.2. The predicted octanol–water partition coefficient (Wildman–Crippen LogP) is 14.5. The zero-order valence-corrected chi connectivity index (χ0v) is 37.8. The average molecular weight is 802 g/mol. The molecule has 0 aromatic heterocycles. The van der Waals surface area contributed by atoms with E-state index in [2.05, 4.69) is 43.5 Å². The molecule has 2 atom stereocenters. The number of aliphatic hydroxyl groups is 2. The number of rotatable bonds is 45. The second-order valence-corrected chi connectivity index (χ2v) is 16.8. The Morgan fingerprint density at radius 2 is 0.877 bits per heavy atom. The van der Waals surface area contributed by atoms with E-state index in [1.165, 1.54) is 141 Å². The Morgan fingerprint density at radius 3 is 1.33 bits per heavy atom. The van der Waals surface area contributed by atoms with Gasteiger partial charge in [0.1, 0.15) is 0 Å². The lowest BCUT2D eigenvalue weighted by Gasteiger charge is -2.20. The van der Waals surface area contributed by atoms with Crippen LogP contribution in [-0.2, 0) is 14.3 Å². The number of carbonyl (C=O) groups is 2. The molecule has 0 aromatic carbocycles. The lowest BCUT2D eigenvalue weighted by Crippen LogP contribution is -2.45. The van der Waals surface area contributed by atoms with Crippen LogP contribution in [0.2, 0.25) is 0 Å². The fraction of sp³-hybridized carbons (Fsp3) is 0.843. The first-order valence-electron chi connectivity index (χ1n) is 24.8. The minimum atomic E-state index is -0.853. The van der Waals surface area contributed by atoms with Crippen molar-refractivity contribution >= 4 is 11.9 Å². The van der Waals surface area contributed by atoms with Gasteiger partial charge in [-0.1, -0.05) is 204 Å². The van der Waals surface area contributed by atoms with Crippen molar-refractivity contribution < 1.29 is 24.5 Å². The van der Waals surface area contributed by atoms with Gasteiger partial charge in [-0.3, -0.25) is 9.59 Å². The molecule has 0 aliphatic heterocycles. The molecular weight excluding hydrogens is 707 g/mol. The molecule has 0 rings (SSSR count). The average Bonchev–Trinajstić information content (AvgIpc) is 3.21. The number of amides is 1. The van der Waals surface area contributed by atoms with Crippen LogP contribution in [0.15, 0.2) is 36.5 Å². The van der Waals surface area contributed by atoms with Crippen molar-refractivity contribution in [3.05, 3.63) is 36.5 Å². The summed E-state index contributed by atoms with van der Waals surface area (Å²) in [5.41, 5.74) is 0. The summed E-state index contributed by atoms with van der Waals surface area (Å²) in [6, 6.07) is -0.638. The third-order valence-corrected chi connectivity index (χ3v) is 11.2. The van der Waals surface area contributed by atoms with Gasteiger partial charge in [0.2, 0.25) is 5.91 Å². The Balaban J connectivity index is 3.53. The van der Waals surface area contributed by atoms with Crippen molar-refractivity contribution in [3.63, 3.8) is 0 Å². The quantitative estimate of drug-likeness (QED) is 0.0324. The van der Waals surface area contributed by atoms with Gasteiger partial charge < -0.3 is 20.3 Å². The van der Waals surface area contributed by atoms with Crippen LogP contribution < -0.4 is 5.32 Å². The zero-order chi connectivity index (χ0) is 41.5.